The number of aliphatic hydroxyl groups excluding tert-OH is 4. The van der Waals surface area contributed by atoms with E-state index < -0.39 is 90.9 Å². The number of carboxylic acids is 6. The molecule has 0 bridgehead atoms. The first kappa shape index (κ1) is 60.5. The highest BCUT2D eigenvalue weighted by Gasteiger charge is 2.18. The zero-order valence-electron chi connectivity index (χ0n) is 31.0. The van der Waals surface area contributed by atoms with E-state index in [2.05, 4.69) is 5.32 Å². The molecule has 0 aromatic heterocycles. The third-order valence-corrected chi connectivity index (χ3v) is 6.06. The molecule has 0 rings (SSSR count). The van der Waals surface area contributed by atoms with E-state index in [0.29, 0.717) is 18.9 Å². The van der Waals surface area contributed by atoms with Crippen LogP contribution >= 0.6 is 0 Å². The number of aliphatic carboxylic acids is 6. The van der Waals surface area contributed by atoms with E-state index in [1.807, 2.05) is 34.6 Å². The maximum absolute atomic E-state index is 10.4. The summed E-state index contributed by atoms with van der Waals surface area (Å²) >= 11 is 0. The van der Waals surface area contributed by atoms with Crippen molar-refractivity contribution in [3.05, 3.63) is 0 Å². The Kier molecular flexibility index (Phi) is 43.3. The lowest BCUT2D eigenvalue weighted by Gasteiger charge is -2.11. The van der Waals surface area contributed by atoms with Crippen LogP contribution in [0.25, 0.3) is 0 Å². The molecule has 0 aromatic carbocycles. The lowest BCUT2D eigenvalue weighted by molar-refractivity contribution is -0.141. The van der Waals surface area contributed by atoms with Crippen molar-refractivity contribution in [1.82, 2.24) is 5.32 Å². The molecule has 9 atom stereocenters. The summed E-state index contributed by atoms with van der Waals surface area (Å²) in [6, 6.07) is -5.43. The molecule has 9 unspecified atom stereocenters. The van der Waals surface area contributed by atoms with E-state index >= 15 is 0 Å². The van der Waals surface area contributed by atoms with Gasteiger partial charge in [0, 0.05) is 6.61 Å². The van der Waals surface area contributed by atoms with E-state index in [1.165, 1.54) is 13.8 Å². The minimum Gasteiger partial charge on any atom is -0.480 e. The summed E-state index contributed by atoms with van der Waals surface area (Å²) in [7, 11) is 0. The van der Waals surface area contributed by atoms with Crippen LogP contribution in [0.3, 0.4) is 0 Å². The van der Waals surface area contributed by atoms with Crippen molar-refractivity contribution in [3.8, 4) is 0 Å². The Balaban J connectivity index is -0.000000123. The van der Waals surface area contributed by atoms with Crippen LogP contribution in [0.2, 0.25) is 0 Å². The highest BCUT2D eigenvalue weighted by atomic mass is 16.4. The molecule has 0 fully saturated rings. The molecular formula is C30H66N6O16. The fraction of sp³-hybridized carbons (Fsp3) is 0.800. The van der Waals surface area contributed by atoms with Crippen LogP contribution in [0.1, 0.15) is 74.1 Å². The Labute approximate surface area is 304 Å². The van der Waals surface area contributed by atoms with Gasteiger partial charge < -0.3 is 85.1 Å². The van der Waals surface area contributed by atoms with Gasteiger partial charge in [-0.15, -0.1) is 0 Å². The summed E-state index contributed by atoms with van der Waals surface area (Å²) in [6.45, 7) is 12.4. The molecule has 0 aliphatic rings. The lowest BCUT2D eigenvalue weighted by atomic mass is 10.0. The minimum atomic E-state index is -1.18. The number of hydrogen-bond acceptors (Lipinski definition) is 16. The van der Waals surface area contributed by atoms with Gasteiger partial charge in [-0.1, -0.05) is 41.0 Å². The van der Waals surface area contributed by atoms with Gasteiger partial charge in [-0.25, -0.2) is 0 Å². The van der Waals surface area contributed by atoms with Gasteiger partial charge in [0.05, 0.1) is 18.8 Å². The average Bonchev–Trinajstić information content (AvgIpc) is 3.05. The number of rotatable bonds is 18. The maximum Gasteiger partial charge on any atom is 0.323 e. The summed E-state index contributed by atoms with van der Waals surface area (Å²) in [4.78, 5) is 60.1. The zero-order chi connectivity index (χ0) is 42.9. The molecular weight excluding hydrogens is 700 g/mol. The standard InChI is InChI=1S/C7H15NO3.2C6H13NO2.2C4H9NO3.C3H7NO3/c1-2-4-8-6(3-5-9)7(10)11;1-4(2)3-5(7)6(8)9;1-3-4(2)5(7)6(8)9;2*1-2(6)3(5)4(7)8;4-2(1-5)3(6)7/h6,8-9H,2-5H2,1H3,(H,10,11);2*4-5H,3,7H2,1-2H3,(H,8,9);2*2-3,6H,5H2,1H3,(H,7,8);2,5H,1,4H2,(H,6,7). The number of hydrogen-bond donors (Lipinski definition) is 16. The third-order valence-electron chi connectivity index (χ3n) is 6.06. The van der Waals surface area contributed by atoms with E-state index in [4.69, 9.17) is 79.7 Å². The number of aliphatic hydroxyl groups is 4. The first-order valence-electron chi connectivity index (χ1n) is 16.1. The summed E-state index contributed by atoms with van der Waals surface area (Å²) in [5, 5.41) is 85.5. The SMILES string of the molecule is CC(C)CC(N)C(=O)O.CC(O)C(N)C(=O)O.CC(O)C(N)C(=O)O.CCC(C)C(N)C(=O)O.CCCNC(CCO)C(=O)O.NC(CO)C(=O)O. The first-order valence-corrected chi connectivity index (χ1v) is 16.1. The molecule has 0 aromatic rings. The van der Waals surface area contributed by atoms with E-state index in [9.17, 15) is 28.8 Å². The molecule has 22 heteroatoms. The van der Waals surface area contributed by atoms with E-state index in [-0.39, 0.29) is 18.9 Å². The molecule has 52 heavy (non-hydrogen) atoms. The number of carbonyl (C=O) groups is 6. The van der Waals surface area contributed by atoms with Crippen molar-refractivity contribution < 1.29 is 79.8 Å². The van der Waals surface area contributed by atoms with Crippen molar-refractivity contribution >= 4 is 35.8 Å². The fourth-order valence-corrected chi connectivity index (χ4v) is 2.36. The molecule has 312 valence electrons. The van der Waals surface area contributed by atoms with Gasteiger partial charge in [-0.05, 0) is 51.5 Å². The smallest absolute Gasteiger partial charge is 0.323 e. The van der Waals surface area contributed by atoms with Gasteiger partial charge in [0.15, 0.2) is 0 Å². The van der Waals surface area contributed by atoms with Crippen molar-refractivity contribution in [3.63, 3.8) is 0 Å². The molecule has 0 spiro atoms. The largest absolute Gasteiger partial charge is 0.480 e. The Morgan fingerprint density at radius 2 is 0.942 bits per heavy atom. The van der Waals surface area contributed by atoms with Crippen LogP contribution in [-0.4, -0.2) is 155 Å². The Hall–Kier alpha value is -3.58. The van der Waals surface area contributed by atoms with Gasteiger partial charge in [-0.2, -0.15) is 0 Å². The summed E-state index contributed by atoms with van der Waals surface area (Å²) in [5.41, 5.74) is 25.1. The van der Waals surface area contributed by atoms with Crippen molar-refractivity contribution in [2.45, 2.75) is 123 Å². The Bertz CT molecular complexity index is 935. The normalized spacial score (nSPS) is 15.2. The molecule has 0 aliphatic heterocycles. The van der Waals surface area contributed by atoms with Crippen LogP contribution in [0.4, 0.5) is 0 Å². The van der Waals surface area contributed by atoms with Crippen LogP contribution in [0.5, 0.6) is 0 Å². The molecule has 0 radical (unpaired) electrons. The molecule has 0 saturated heterocycles. The molecule has 22 nitrogen and oxygen atoms in total. The van der Waals surface area contributed by atoms with Gasteiger partial charge in [0.25, 0.3) is 0 Å². The van der Waals surface area contributed by atoms with Crippen molar-refractivity contribution in [1.29, 1.82) is 0 Å². The highest BCUT2D eigenvalue weighted by molar-refractivity contribution is 5.75. The second kappa shape index (κ2) is 37.2. The molecule has 0 saturated carbocycles. The van der Waals surface area contributed by atoms with E-state index in [0.717, 1.165) is 12.8 Å². The van der Waals surface area contributed by atoms with Gasteiger partial charge in [0.2, 0.25) is 0 Å². The predicted molar refractivity (Wildman–Crippen MR) is 189 cm³/mol. The van der Waals surface area contributed by atoms with Gasteiger partial charge in [-0.3, -0.25) is 28.8 Å². The van der Waals surface area contributed by atoms with Crippen LogP contribution < -0.4 is 34.0 Å². The minimum absolute atomic E-state index is 0.0718. The van der Waals surface area contributed by atoms with Crippen molar-refractivity contribution in [2.24, 2.45) is 40.5 Å². The number of nitrogens with one attached hydrogen (secondary N) is 1. The number of nitrogens with two attached hydrogens (primary N) is 5. The summed E-state index contributed by atoms with van der Waals surface area (Å²) < 4.78 is 0. The predicted octanol–water partition coefficient (Wildman–Crippen LogP) is -3.34. The second-order valence-electron chi connectivity index (χ2n) is 11.5. The molecule has 21 N–H and O–H groups in total. The highest BCUT2D eigenvalue weighted by Crippen LogP contribution is 2.04. The van der Waals surface area contributed by atoms with E-state index in [1.54, 1.807) is 0 Å². The molecule has 0 aliphatic carbocycles. The second-order valence-corrected chi connectivity index (χ2v) is 11.5. The fourth-order valence-electron chi connectivity index (χ4n) is 2.36. The first-order chi connectivity index (χ1) is 23.6. The third kappa shape index (κ3) is 42.6. The average molecular weight is 767 g/mol. The summed E-state index contributed by atoms with van der Waals surface area (Å²) in [5.74, 6) is -5.83. The topological polar surface area (TPSA) is 447 Å². The van der Waals surface area contributed by atoms with Crippen LogP contribution in [0.15, 0.2) is 0 Å². The monoisotopic (exact) mass is 766 g/mol. The number of carboxylic acid groups (broad SMARTS) is 6. The van der Waals surface area contributed by atoms with Crippen LogP contribution in [0, 0.1) is 11.8 Å². The summed E-state index contributed by atoms with van der Waals surface area (Å²) in [6.07, 6.45) is 0.577. The van der Waals surface area contributed by atoms with Crippen molar-refractivity contribution in [2.75, 3.05) is 19.8 Å². The quantitative estimate of drug-likeness (QED) is 0.0648. The van der Waals surface area contributed by atoms with Gasteiger partial charge in [0.1, 0.15) is 36.3 Å². The lowest BCUT2D eigenvalue weighted by Crippen LogP contribution is -2.39. The zero-order valence-corrected chi connectivity index (χ0v) is 31.0. The molecule has 0 heterocycles. The van der Waals surface area contributed by atoms with Crippen LogP contribution in [-0.2, 0) is 28.8 Å². The Morgan fingerprint density at radius 1 is 0.577 bits per heavy atom. The molecule has 0 amide bonds. The Morgan fingerprint density at radius 3 is 1.06 bits per heavy atom. The maximum atomic E-state index is 10.4. The van der Waals surface area contributed by atoms with Gasteiger partial charge >= 0.3 is 35.8 Å².